The van der Waals surface area contributed by atoms with Crippen molar-refractivity contribution in [3.8, 4) is 39.5 Å². The number of methoxy groups -OCH3 is 2. The Morgan fingerprint density at radius 1 is 1.03 bits per heavy atom. The lowest BCUT2D eigenvalue weighted by Gasteiger charge is -2.29. The highest BCUT2D eigenvalue weighted by Crippen LogP contribution is 2.45. The molecule has 3 aliphatic rings. The van der Waals surface area contributed by atoms with Crippen LogP contribution in [0.5, 0.6) is 5.75 Å². The summed E-state index contributed by atoms with van der Waals surface area (Å²) in [6.45, 7) is 11.8. The van der Waals surface area contributed by atoms with E-state index in [1.54, 1.807) is 33.2 Å². The van der Waals surface area contributed by atoms with Crippen LogP contribution in [-0.2, 0) is 19.1 Å². The van der Waals surface area contributed by atoms with Gasteiger partial charge in [0.15, 0.2) is 17.8 Å². The van der Waals surface area contributed by atoms with E-state index >= 15 is 8.78 Å². The van der Waals surface area contributed by atoms with E-state index in [9.17, 15) is 14.4 Å². The van der Waals surface area contributed by atoms with Gasteiger partial charge in [-0.2, -0.15) is 0 Å². The Bertz CT molecular complexity index is 2650. The van der Waals surface area contributed by atoms with Crippen LogP contribution in [0.15, 0.2) is 84.9 Å². The molecule has 0 saturated heterocycles. The van der Waals surface area contributed by atoms with Crippen LogP contribution >= 0.6 is 0 Å². The molecule has 2 aliphatic carbocycles. The number of rotatable bonds is 15. The number of allylic oxidation sites excluding steroid dienone is 3. The average Bonchev–Trinajstić information content (AvgIpc) is 4.09. The van der Waals surface area contributed by atoms with Gasteiger partial charge in [-0.25, -0.2) is 23.5 Å². The fraction of sp³-hybridized carbons (Fsp3) is 0.396. The fourth-order valence-electron chi connectivity index (χ4n) is 9.16. The number of alkyl halides is 2. The molecule has 0 bridgehead atoms. The van der Waals surface area contributed by atoms with Crippen molar-refractivity contribution in [3.63, 3.8) is 0 Å². The minimum atomic E-state index is -3.16. The maximum Gasteiger partial charge on any atom is 0.407 e. The van der Waals surface area contributed by atoms with Gasteiger partial charge in [0.2, 0.25) is 0 Å². The molecule has 2 aromatic carbocycles. The Kier molecular flexibility index (Phi) is 12.0. The lowest BCUT2D eigenvalue weighted by molar-refractivity contribution is -0.123. The highest BCUT2D eigenvalue weighted by Gasteiger charge is 2.42. The zero-order chi connectivity index (χ0) is 44.7. The van der Waals surface area contributed by atoms with Crippen LogP contribution in [0.2, 0.25) is 0 Å². The zero-order valence-electron chi connectivity index (χ0n) is 36.3. The third kappa shape index (κ3) is 8.58. The average molecular weight is 862 g/mol. The molecule has 4 N–H and O–H groups in total. The topological polar surface area (TPSA) is 165 Å². The molecule has 1 amide bonds. The summed E-state index contributed by atoms with van der Waals surface area (Å²) in [6, 6.07) is 12.8. The molecular weight excluding hydrogens is 809 g/mol. The number of Topliss-reactive ketones (excluding diaryl/α,β-unsaturated/α-hetero) is 2. The van der Waals surface area contributed by atoms with Gasteiger partial charge in [0.1, 0.15) is 17.4 Å². The van der Waals surface area contributed by atoms with Gasteiger partial charge in [-0.05, 0) is 62.4 Å². The largest absolute Gasteiger partial charge is 0.470 e. The van der Waals surface area contributed by atoms with Crippen molar-refractivity contribution in [2.45, 2.75) is 90.0 Å². The van der Waals surface area contributed by atoms with Crippen LogP contribution in [0.3, 0.4) is 0 Å². The lowest BCUT2D eigenvalue weighted by Crippen LogP contribution is -2.46. The Balaban J connectivity index is 1.02. The Labute approximate surface area is 364 Å². The summed E-state index contributed by atoms with van der Waals surface area (Å²) >= 11 is 0. The smallest absolute Gasteiger partial charge is 0.407 e. The normalized spacial score (nSPS) is 19.9. The summed E-state index contributed by atoms with van der Waals surface area (Å²) < 4.78 is 48.9. The van der Waals surface area contributed by atoms with Crippen LogP contribution in [0, 0.1) is 11.8 Å². The van der Waals surface area contributed by atoms with Crippen molar-refractivity contribution in [1.29, 1.82) is 0 Å². The summed E-state index contributed by atoms with van der Waals surface area (Å²) in [6.07, 6.45) is 6.84. The molecule has 0 fully saturated rings. The second-order valence-corrected chi connectivity index (χ2v) is 17.0. The van der Waals surface area contributed by atoms with Crippen molar-refractivity contribution in [1.82, 2.24) is 35.1 Å². The van der Waals surface area contributed by atoms with Crippen molar-refractivity contribution >= 4 is 34.1 Å². The SMILES string of the molecule is C=C(COC)N[C@@H](CC)C(=O)C1CCC=C1c1ncc(-c2ccc3c(c2)cc2n3C(C)Oc3cc(-c4cnc([C@H]5C=C(C(=O)[C@@H](NC(=O)OC)C(C)C)CC(F)(F)C5)[nH]4)ccc3-2)[nH]1. The van der Waals surface area contributed by atoms with Crippen molar-refractivity contribution in [2.75, 3.05) is 20.8 Å². The van der Waals surface area contributed by atoms with E-state index in [-0.39, 0.29) is 35.5 Å². The monoisotopic (exact) mass is 861 g/mol. The van der Waals surface area contributed by atoms with Crippen molar-refractivity contribution in [2.24, 2.45) is 11.8 Å². The number of carbonyl (C=O) groups excluding carboxylic acids is 3. The number of alkyl carbamates (subject to hydrolysis) is 1. The number of nitrogens with zero attached hydrogens (tertiary/aromatic N) is 3. The van der Waals surface area contributed by atoms with Gasteiger partial charge in [-0.3, -0.25) is 9.59 Å². The quantitative estimate of drug-likeness (QED) is 0.0803. The van der Waals surface area contributed by atoms with E-state index in [1.165, 1.54) is 7.11 Å². The van der Waals surface area contributed by atoms with Crippen molar-refractivity contribution < 1.29 is 37.4 Å². The molecule has 0 saturated carbocycles. The van der Waals surface area contributed by atoms with E-state index in [0.717, 1.165) is 57.4 Å². The minimum absolute atomic E-state index is 0.0547. The Hall–Kier alpha value is -6.35. The Morgan fingerprint density at radius 3 is 2.52 bits per heavy atom. The number of fused-ring (bicyclic) bond motifs is 5. The number of ether oxygens (including phenoxy) is 3. The van der Waals surface area contributed by atoms with E-state index in [4.69, 9.17) is 14.5 Å². The molecule has 0 spiro atoms. The molecule has 5 aromatic rings. The number of aromatic nitrogens is 5. The minimum Gasteiger partial charge on any atom is -0.470 e. The molecule has 8 rings (SSSR count). The number of benzene rings is 2. The lowest BCUT2D eigenvalue weighted by atomic mass is 9.82. The van der Waals surface area contributed by atoms with E-state index in [2.05, 4.69) is 71.8 Å². The molecule has 4 heterocycles. The maximum atomic E-state index is 15.2. The summed E-state index contributed by atoms with van der Waals surface area (Å²) in [5.41, 5.74) is 7.57. The summed E-state index contributed by atoms with van der Waals surface area (Å²) in [7, 11) is 2.78. The number of aromatic amines is 2. The predicted octanol–water partition coefficient (Wildman–Crippen LogP) is 9.28. The number of nitrogens with one attached hydrogen (secondary N) is 4. The van der Waals surface area contributed by atoms with Gasteiger partial charge < -0.3 is 39.4 Å². The Morgan fingerprint density at radius 2 is 1.78 bits per heavy atom. The predicted molar refractivity (Wildman–Crippen MR) is 236 cm³/mol. The van der Waals surface area contributed by atoms with E-state index in [0.29, 0.717) is 41.8 Å². The van der Waals surface area contributed by atoms with Gasteiger partial charge in [0, 0.05) is 70.7 Å². The van der Waals surface area contributed by atoms with Crippen LogP contribution in [0.1, 0.15) is 83.6 Å². The van der Waals surface area contributed by atoms with Crippen LogP contribution in [0.4, 0.5) is 13.6 Å². The molecule has 330 valence electrons. The molecule has 1 aliphatic heterocycles. The summed E-state index contributed by atoms with van der Waals surface area (Å²) in [5.74, 6) is -3.43. The maximum absolute atomic E-state index is 15.2. The van der Waals surface area contributed by atoms with E-state index < -0.39 is 42.6 Å². The number of carbonyl (C=O) groups is 3. The van der Waals surface area contributed by atoms with Crippen molar-refractivity contribution in [3.05, 3.63) is 96.5 Å². The van der Waals surface area contributed by atoms with Crippen LogP contribution < -0.4 is 15.4 Å². The van der Waals surface area contributed by atoms with Crippen LogP contribution in [-0.4, -0.2) is 81.0 Å². The van der Waals surface area contributed by atoms with Gasteiger partial charge in [0.05, 0.1) is 60.8 Å². The molecule has 13 nitrogen and oxygen atoms in total. The summed E-state index contributed by atoms with van der Waals surface area (Å²) in [5, 5.41) is 6.76. The molecule has 5 atom stereocenters. The molecular formula is C48H53F2N7O6. The first-order chi connectivity index (χ1) is 30.2. The third-order valence-corrected chi connectivity index (χ3v) is 12.3. The van der Waals surface area contributed by atoms with E-state index in [1.807, 2.05) is 38.2 Å². The third-order valence-electron chi connectivity index (χ3n) is 12.3. The molecule has 2 unspecified atom stereocenters. The number of hydrogen-bond donors (Lipinski definition) is 4. The highest BCUT2D eigenvalue weighted by molar-refractivity contribution is 6.01. The van der Waals surface area contributed by atoms with Gasteiger partial charge in [-0.1, -0.05) is 51.6 Å². The van der Waals surface area contributed by atoms with Crippen LogP contribution in [0.25, 0.3) is 50.2 Å². The molecule has 0 radical (unpaired) electrons. The zero-order valence-corrected chi connectivity index (χ0v) is 36.3. The number of H-pyrrole nitrogens is 2. The molecule has 63 heavy (non-hydrogen) atoms. The fourth-order valence-corrected chi connectivity index (χ4v) is 9.16. The number of halogens is 2. The summed E-state index contributed by atoms with van der Waals surface area (Å²) in [4.78, 5) is 55.1. The standard InChI is InChI=1S/C48H53F2N7O6/c1-8-36(53-26(4)24-61-6)44(59)33-10-9-11-34(33)46-52-23-37(55-46)28-13-15-39-30(16-28)18-40-35-14-12-29(19-41(35)63-27(5)57(39)40)38-22-51-45(54-38)32-17-31(20-48(49,50)21-32)43(58)42(25(2)3)56-47(60)62-7/h11-19,22-23,25,27,32-33,36,42,53H,4,8-10,20-21,24H2,1-3,5-7H3,(H,51,54)(H,52,55)(H,56,60)/t27?,32-,33?,36-,42-/m0/s1. The number of imidazole rings is 2. The highest BCUT2D eigenvalue weighted by atomic mass is 19.3. The van der Waals surface area contributed by atoms with Gasteiger partial charge in [-0.15, -0.1) is 0 Å². The first-order valence-electron chi connectivity index (χ1n) is 21.4. The second kappa shape index (κ2) is 17.4. The molecule has 3 aromatic heterocycles. The van der Waals surface area contributed by atoms with Gasteiger partial charge in [0.25, 0.3) is 5.92 Å². The molecule has 15 heteroatoms. The number of amides is 1. The first kappa shape index (κ1) is 43.3. The van der Waals surface area contributed by atoms with Gasteiger partial charge >= 0.3 is 6.09 Å². The first-order valence-corrected chi connectivity index (χ1v) is 21.4. The number of hydrogen-bond acceptors (Lipinski definition) is 9. The number of ketones is 2. The second-order valence-electron chi connectivity index (χ2n) is 17.0.